The van der Waals surface area contributed by atoms with Gasteiger partial charge in [-0.05, 0) is 44.5 Å². The minimum atomic E-state index is -0.964. The fourth-order valence-corrected chi connectivity index (χ4v) is 2.61. The number of methoxy groups -OCH3 is 2. The Morgan fingerprint density at radius 3 is 2.08 bits per heavy atom. The number of carbonyl (C=O) groups excluding carboxylic acids is 3. The maximum absolute atomic E-state index is 11.9. The number of ether oxygens (including phenoxy) is 3. The smallest absolute Gasteiger partial charge is 0.408 e. The van der Waals surface area contributed by atoms with Crippen molar-refractivity contribution in [3.8, 4) is 0 Å². The van der Waals surface area contributed by atoms with Crippen molar-refractivity contribution in [1.82, 2.24) is 5.32 Å². The third-order valence-electron chi connectivity index (χ3n) is 3.17. The van der Waals surface area contributed by atoms with Crippen molar-refractivity contribution in [1.29, 1.82) is 0 Å². The molecule has 0 aliphatic heterocycles. The van der Waals surface area contributed by atoms with Crippen LogP contribution in [0.25, 0.3) is 0 Å². The second-order valence-corrected chi connectivity index (χ2v) is 7.44. The van der Waals surface area contributed by atoms with E-state index in [9.17, 15) is 14.4 Å². The van der Waals surface area contributed by atoms with Gasteiger partial charge in [-0.3, -0.25) is 4.79 Å². The summed E-state index contributed by atoms with van der Waals surface area (Å²) in [5, 5.41) is 2.48. The second kappa shape index (κ2) is 11.5. The maximum Gasteiger partial charge on any atom is 0.408 e. The number of halogens is 1. The van der Waals surface area contributed by atoms with Crippen LogP contribution in [0.2, 0.25) is 0 Å². The van der Waals surface area contributed by atoms with Gasteiger partial charge in [-0.2, -0.15) is 0 Å². The average Bonchev–Trinajstić information content (AvgIpc) is 2.49. The lowest BCUT2D eigenvalue weighted by Gasteiger charge is -2.24. The molecule has 0 saturated heterocycles. The number of unbranched alkanes of at least 4 members (excludes halogenated alkanes) is 1. The second-order valence-electron chi connectivity index (χ2n) is 6.36. The van der Waals surface area contributed by atoms with Crippen LogP contribution in [-0.2, 0) is 23.8 Å². The van der Waals surface area contributed by atoms with Crippen LogP contribution >= 0.6 is 22.6 Å². The molecule has 0 spiro atoms. The molecule has 0 fully saturated rings. The van der Waals surface area contributed by atoms with E-state index in [0.717, 1.165) is 17.3 Å². The highest BCUT2D eigenvalue weighted by Crippen LogP contribution is 2.19. The van der Waals surface area contributed by atoms with E-state index in [4.69, 9.17) is 14.2 Å². The first-order valence-corrected chi connectivity index (χ1v) is 9.38. The molecule has 0 aliphatic rings. The predicted octanol–water partition coefficient (Wildman–Crippen LogP) is 2.84. The van der Waals surface area contributed by atoms with Crippen molar-refractivity contribution < 1.29 is 28.6 Å². The summed E-state index contributed by atoms with van der Waals surface area (Å²) in [4.78, 5) is 35.8. The average molecular weight is 457 g/mol. The molecule has 0 aromatic carbocycles. The highest BCUT2D eigenvalue weighted by molar-refractivity contribution is 14.1. The lowest BCUT2D eigenvalue weighted by atomic mass is 9.94. The highest BCUT2D eigenvalue weighted by atomic mass is 127. The van der Waals surface area contributed by atoms with Crippen molar-refractivity contribution in [2.45, 2.75) is 58.1 Å². The van der Waals surface area contributed by atoms with Crippen LogP contribution in [-0.4, -0.2) is 48.3 Å². The normalized spacial score (nSPS) is 13.6. The molecule has 0 bridgehead atoms. The van der Waals surface area contributed by atoms with Crippen molar-refractivity contribution in [2.75, 3.05) is 18.6 Å². The van der Waals surface area contributed by atoms with Crippen molar-refractivity contribution in [2.24, 2.45) is 5.92 Å². The number of amides is 1. The zero-order valence-electron chi connectivity index (χ0n) is 15.0. The molecule has 0 aromatic rings. The standard InChI is InChI=1S/C16H28INO6/c1-16(2,3)24-15(21)18-12(14(20)23-5)10-11(13(19)22-4)8-6-7-9-17/h11-12H,6-10H2,1-5H3,(H,18,21)/t11-,12-/m0/s1. The van der Waals surface area contributed by atoms with Gasteiger partial charge < -0.3 is 19.5 Å². The first-order valence-electron chi connectivity index (χ1n) is 7.85. The summed E-state index contributed by atoms with van der Waals surface area (Å²) in [6.07, 6.45) is 1.77. The van der Waals surface area contributed by atoms with Gasteiger partial charge >= 0.3 is 18.0 Å². The first kappa shape index (κ1) is 22.9. The van der Waals surface area contributed by atoms with Crippen LogP contribution in [0.15, 0.2) is 0 Å². The predicted molar refractivity (Wildman–Crippen MR) is 98.0 cm³/mol. The summed E-state index contributed by atoms with van der Waals surface area (Å²) in [6, 6.07) is -0.964. The zero-order valence-corrected chi connectivity index (χ0v) is 17.2. The number of esters is 2. The monoisotopic (exact) mass is 457 g/mol. The Kier molecular flexibility index (Phi) is 11.0. The molecule has 140 valence electrons. The number of nitrogens with one attached hydrogen (secondary N) is 1. The number of alkyl halides is 1. The topological polar surface area (TPSA) is 90.9 Å². The molecule has 0 saturated carbocycles. The number of alkyl carbamates (subject to hydrolysis) is 1. The van der Waals surface area contributed by atoms with E-state index >= 15 is 0 Å². The molecular weight excluding hydrogens is 429 g/mol. The third kappa shape index (κ3) is 9.94. The number of hydrogen-bond donors (Lipinski definition) is 1. The molecule has 7 nitrogen and oxygen atoms in total. The van der Waals surface area contributed by atoms with E-state index < -0.39 is 35.6 Å². The van der Waals surface area contributed by atoms with Crippen LogP contribution in [0.3, 0.4) is 0 Å². The lowest BCUT2D eigenvalue weighted by Crippen LogP contribution is -2.45. The van der Waals surface area contributed by atoms with Crippen molar-refractivity contribution in [3.05, 3.63) is 0 Å². The van der Waals surface area contributed by atoms with E-state index in [1.807, 2.05) is 0 Å². The Balaban J connectivity index is 4.96. The first-order chi connectivity index (χ1) is 11.1. The van der Waals surface area contributed by atoms with Gasteiger partial charge in [-0.1, -0.05) is 29.0 Å². The lowest BCUT2D eigenvalue weighted by molar-refractivity contribution is -0.148. The Hall–Kier alpha value is -1.06. The van der Waals surface area contributed by atoms with E-state index in [0.29, 0.717) is 6.42 Å². The zero-order chi connectivity index (χ0) is 18.8. The molecule has 0 rings (SSSR count). The number of hydrogen-bond acceptors (Lipinski definition) is 6. The fourth-order valence-electron chi connectivity index (χ4n) is 2.07. The summed E-state index contributed by atoms with van der Waals surface area (Å²) in [5.41, 5.74) is -0.688. The van der Waals surface area contributed by atoms with Crippen LogP contribution in [0.1, 0.15) is 46.5 Å². The molecule has 1 amide bonds. The summed E-state index contributed by atoms with van der Waals surface area (Å²) < 4.78 is 15.7. The van der Waals surface area contributed by atoms with Crippen LogP contribution in [0.4, 0.5) is 4.79 Å². The molecule has 0 unspecified atom stereocenters. The van der Waals surface area contributed by atoms with Gasteiger partial charge in [0.1, 0.15) is 11.6 Å². The highest BCUT2D eigenvalue weighted by Gasteiger charge is 2.31. The molecule has 0 heterocycles. The van der Waals surface area contributed by atoms with E-state index in [2.05, 4.69) is 27.9 Å². The van der Waals surface area contributed by atoms with Gasteiger partial charge in [-0.15, -0.1) is 0 Å². The maximum atomic E-state index is 11.9. The van der Waals surface area contributed by atoms with Crippen molar-refractivity contribution >= 4 is 40.6 Å². The minimum Gasteiger partial charge on any atom is -0.469 e. The number of rotatable bonds is 9. The third-order valence-corrected chi connectivity index (χ3v) is 3.93. The fraction of sp³-hybridized carbons (Fsp3) is 0.812. The van der Waals surface area contributed by atoms with E-state index in [1.165, 1.54) is 14.2 Å². The van der Waals surface area contributed by atoms with Crippen molar-refractivity contribution in [3.63, 3.8) is 0 Å². The molecule has 0 aromatic heterocycles. The van der Waals surface area contributed by atoms with Gasteiger partial charge in [0.2, 0.25) is 0 Å². The summed E-state index contributed by atoms with van der Waals surface area (Å²) >= 11 is 2.27. The molecule has 8 heteroatoms. The number of carbonyl (C=O) groups is 3. The van der Waals surface area contributed by atoms with Gasteiger partial charge in [0.15, 0.2) is 0 Å². The van der Waals surface area contributed by atoms with E-state index in [1.54, 1.807) is 20.8 Å². The quantitative estimate of drug-likeness (QED) is 0.188. The summed E-state index contributed by atoms with van der Waals surface area (Å²) in [6.45, 7) is 5.17. The van der Waals surface area contributed by atoms with Gasteiger partial charge in [0, 0.05) is 0 Å². The van der Waals surface area contributed by atoms with Gasteiger partial charge in [0.25, 0.3) is 0 Å². The van der Waals surface area contributed by atoms with E-state index in [-0.39, 0.29) is 6.42 Å². The van der Waals surface area contributed by atoms with Crippen LogP contribution < -0.4 is 5.32 Å². The molecule has 0 radical (unpaired) electrons. The Morgan fingerprint density at radius 1 is 1.04 bits per heavy atom. The van der Waals surface area contributed by atoms with Gasteiger partial charge in [-0.25, -0.2) is 9.59 Å². The van der Waals surface area contributed by atoms with Gasteiger partial charge in [0.05, 0.1) is 20.1 Å². The largest absolute Gasteiger partial charge is 0.469 e. The molecule has 0 aliphatic carbocycles. The molecule has 2 atom stereocenters. The summed E-state index contributed by atoms with van der Waals surface area (Å²) in [5.74, 6) is -1.51. The minimum absolute atomic E-state index is 0.111. The Labute approximate surface area is 157 Å². The Morgan fingerprint density at radius 2 is 1.62 bits per heavy atom. The Bertz CT molecular complexity index is 421. The summed E-state index contributed by atoms with van der Waals surface area (Å²) in [7, 11) is 2.54. The van der Waals surface area contributed by atoms with Crippen LogP contribution in [0.5, 0.6) is 0 Å². The molecular formula is C16H28INO6. The SMILES string of the molecule is COC(=O)[C@@H](CCCCI)C[C@H](NC(=O)OC(C)(C)C)C(=O)OC. The molecule has 24 heavy (non-hydrogen) atoms. The molecule has 1 N–H and O–H groups in total. The van der Waals surface area contributed by atoms with Crippen LogP contribution in [0, 0.1) is 5.92 Å².